The molecule has 1 amide bonds. The zero-order chi connectivity index (χ0) is 17.5. The van der Waals surface area contributed by atoms with Crippen LogP contribution in [0.25, 0.3) is 0 Å². The summed E-state index contributed by atoms with van der Waals surface area (Å²) in [5.74, 6) is 0.845. The number of carbonyl (C=O) groups excluding carboxylic acids is 1. The Balaban J connectivity index is 2.03. The van der Waals surface area contributed by atoms with E-state index >= 15 is 0 Å². The van der Waals surface area contributed by atoms with Gasteiger partial charge in [-0.25, -0.2) is 0 Å². The second-order valence-corrected chi connectivity index (χ2v) is 7.01. The van der Waals surface area contributed by atoms with Crippen LogP contribution >= 0.6 is 0 Å². The Hall–Kier alpha value is -2.49. The van der Waals surface area contributed by atoms with E-state index in [2.05, 4.69) is 36.6 Å². The van der Waals surface area contributed by atoms with Gasteiger partial charge in [0.25, 0.3) is 0 Å². The highest BCUT2D eigenvalue weighted by Crippen LogP contribution is 2.45. The summed E-state index contributed by atoms with van der Waals surface area (Å²) < 4.78 is 5.21. The number of amides is 1. The van der Waals surface area contributed by atoms with E-state index in [1.54, 1.807) is 7.11 Å². The van der Waals surface area contributed by atoms with Crippen LogP contribution in [0, 0.1) is 19.3 Å². The molecule has 0 spiro atoms. The van der Waals surface area contributed by atoms with Crippen LogP contribution in [0.5, 0.6) is 5.75 Å². The van der Waals surface area contributed by atoms with Crippen LogP contribution < -0.4 is 15.4 Å². The van der Waals surface area contributed by atoms with E-state index in [1.165, 1.54) is 11.1 Å². The van der Waals surface area contributed by atoms with Crippen LogP contribution in [0.2, 0.25) is 0 Å². The minimum atomic E-state index is -0.561. The Bertz CT molecular complexity index is 779. The summed E-state index contributed by atoms with van der Waals surface area (Å²) in [5, 5.41) is 6.59. The lowest BCUT2D eigenvalue weighted by molar-refractivity contribution is -0.125. The van der Waals surface area contributed by atoms with Gasteiger partial charge in [0, 0.05) is 11.4 Å². The Morgan fingerprint density at radius 3 is 2.33 bits per heavy atom. The number of fused-ring (bicyclic) bond motifs is 1. The number of rotatable bonds is 3. The number of carbonyl (C=O) groups is 1. The van der Waals surface area contributed by atoms with Crippen molar-refractivity contribution in [2.75, 3.05) is 17.7 Å². The SMILES string of the molecule is COc1ccc(NC2c3cc(C)c(C)cc3NC(=O)C2(C)C)cc1. The summed E-state index contributed by atoms with van der Waals surface area (Å²) in [4.78, 5) is 12.6. The van der Waals surface area contributed by atoms with Crippen molar-refractivity contribution < 1.29 is 9.53 Å². The van der Waals surface area contributed by atoms with Gasteiger partial charge in [-0.05, 0) is 74.7 Å². The second kappa shape index (κ2) is 5.86. The average Bonchev–Trinajstić information content (AvgIpc) is 2.55. The predicted octanol–water partition coefficient (Wildman–Crippen LogP) is 4.44. The quantitative estimate of drug-likeness (QED) is 0.877. The molecule has 24 heavy (non-hydrogen) atoms. The number of hydrogen-bond acceptors (Lipinski definition) is 3. The predicted molar refractivity (Wildman–Crippen MR) is 97.7 cm³/mol. The Labute approximate surface area is 143 Å². The monoisotopic (exact) mass is 324 g/mol. The molecule has 1 aliphatic heterocycles. The molecule has 4 heteroatoms. The molecule has 2 aromatic rings. The Morgan fingerprint density at radius 2 is 1.71 bits per heavy atom. The molecule has 126 valence electrons. The molecule has 3 rings (SSSR count). The molecule has 0 radical (unpaired) electrons. The first kappa shape index (κ1) is 16.4. The van der Waals surface area contributed by atoms with Crippen molar-refractivity contribution >= 4 is 17.3 Å². The van der Waals surface area contributed by atoms with Crippen LogP contribution in [-0.4, -0.2) is 13.0 Å². The van der Waals surface area contributed by atoms with Crippen LogP contribution in [0.4, 0.5) is 11.4 Å². The molecule has 0 fully saturated rings. The third-order valence-electron chi connectivity index (χ3n) is 4.93. The van der Waals surface area contributed by atoms with Gasteiger partial charge in [-0.1, -0.05) is 6.07 Å². The second-order valence-electron chi connectivity index (χ2n) is 7.01. The molecule has 0 saturated heterocycles. The smallest absolute Gasteiger partial charge is 0.232 e. The molecule has 0 saturated carbocycles. The fourth-order valence-corrected chi connectivity index (χ4v) is 3.10. The maximum absolute atomic E-state index is 12.6. The highest BCUT2D eigenvalue weighted by molar-refractivity contribution is 5.99. The summed E-state index contributed by atoms with van der Waals surface area (Å²) in [7, 11) is 1.65. The number of methoxy groups -OCH3 is 1. The standard InChI is InChI=1S/C20H24N2O2/c1-12-10-16-17(11-13(12)2)22-19(23)20(3,4)18(16)21-14-6-8-15(24-5)9-7-14/h6-11,18,21H,1-5H3,(H,22,23). The first-order chi connectivity index (χ1) is 11.3. The number of anilines is 2. The molecule has 0 bridgehead atoms. The molecule has 1 aliphatic rings. The van der Waals surface area contributed by atoms with Crippen molar-refractivity contribution in [1.82, 2.24) is 0 Å². The molecule has 1 unspecified atom stereocenters. The summed E-state index contributed by atoms with van der Waals surface area (Å²) in [6.45, 7) is 8.11. The fourth-order valence-electron chi connectivity index (χ4n) is 3.10. The van der Waals surface area contributed by atoms with Crippen LogP contribution in [0.15, 0.2) is 36.4 Å². The molecule has 2 aromatic carbocycles. The van der Waals surface area contributed by atoms with Crippen molar-refractivity contribution in [2.24, 2.45) is 5.41 Å². The maximum Gasteiger partial charge on any atom is 0.232 e. The lowest BCUT2D eigenvalue weighted by atomic mass is 9.75. The summed E-state index contributed by atoms with van der Waals surface area (Å²) in [6.07, 6.45) is 0. The minimum absolute atomic E-state index is 0.0317. The van der Waals surface area contributed by atoms with E-state index in [4.69, 9.17) is 4.74 Å². The molecular weight excluding hydrogens is 300 g/mol. The van der Waals surface area contributed by atoms with Crippen molar-refractivity contribution in [3.8, 4) is 5.75 Å². The van der Waals surface area contributed by atoms with Crippen LogP contribution in [-0.2, 0) is 4.79 Å². The van der Waals surface area contributed by atoms with Gasteiger partial charge in [-0.3, -0.25) is 4.79 Å². The summed E-state index contributed by atoms with van der Waals surface area (Å²) >= 11 is 0. The number of ether oxygens (including phenoxy) is 1. The summed E-state index contributed by atoms with van der Waals surface area (Å²) in [6, 6.07) is 11.9. The van der Waals surface area contributed by atoms with E-state index in [9.17, 15) is 4.79 Å². The zero-order valence-electron chi connectivity index (χ0n) is 14.9. The van der Waals surface area contributed by atoms with Crippen LogP contribution in [0.1, 0.15) is 36.6 Å². The van der Waals surface area contributed by atoms with E-state index < -0.39 is 5.41 Å². The fraction of sp³-hybridized carbons (Fsp3) is 0.350. The Morgan fingerprint density at radius 1 is 1.08 bits per heavy atom. The lowest BCUT2D eigenvalue weighted by Crippen LogP contribution is -2.43. The number of aryl methyl sites for hydroxylation is 2. The van der Waals surface area contributed by atoms with Crippen molar-refractivity contribution in [2.45, 2.75) is 33.7 Å². The third-order valence-corrected chi connectivity index (χ3v) is 4.93. The molecule has 0 aromatic heterocycles. The van der Waals surface area contributed by atoms with E-state index in [0.717, 1.165) is 22.7 Å². The van der Waals surface area contributed by atoms with E-state index in [-0.39, 0.29) is 11.9 Å². The van der Waals surface area contributed by atoms with Gasteiger partial charge in [0.05, 0.1) is 18.6 Å². The highest BCUT2D eigenvalue weighted by atomic mass is 16.5. The normalized spacial score (nSPS) is 18.5. The van der Waals surface area contributed by atoms with Gasteiger partial charge in [0.2, 0.25) is 5.91 Å². The number of benzene rings is 2. The topological polar surface area (TPSA) is 50.4 Å². The van der Waals surface area contributed by atoms with Gasteiger partial charge in [-0.2, -0.15) is 0 Å². The molecule has 0 aliphatic carbocycles. The Kier molecular flexibility index (Phi) is 3.99. The molecular formula is C20H24N2O2. The van der Waals surface area contributed by atoms with Crippen molar-refractivity contribution in [1.29, 1.82) is 0 Å². The lowest BCUT2D eigenvalue weighted by Gasteiger charge is -2.40. The highest BCUT2D eigenvalue weighted by Gasteiger charge is 2.43. The summed E-state index contributed by atoms with van der Waals surface area (Å²) in [5.41, 5.74) is 4.83. The maximum atomic E-state index is 12.6. The number of nitrogens with one attached hydrogen (secondary N) is 2. The van der Waals surface area contributed by atoms with Crippen molar-refractivity contribution in [3.63, 3.8) is 0 Å². The molecule has 2 N–H and O–H groups in total. The van der Waals surface area contributed by atoms with E-state index in [1.807, 2.05) is 38.1 Å². The molecule has 4 nitrogen and oxygen atoms in total. The third kappa shape index (κ3) is 2.73. The largest absolute Gasteiger partial charge is 0.497 e. The minimum Gasteiger partial charge on any atom is -0.497 e. The van der Waals surface area contributed by atoms with Gasteiger partial charge in [-0.15, -0.1) is 0 Å². The van der Waals surface area contributed by atoms with Crippen molar-refractivity contribution in [3.05, 3.63) is 53.1 Å². The van der Waals surface area contributed by atoms with Crippen LogP contribution in [0.3, 0.4) is 0 Å². The van der Waals surface area contributed by atoms with Gasteiger partial charge in [0.1, 0.15) is 5.75 Å². The first-order valence-corrected chi connectivity index (χ1v) is 8.16. The van der Waals surface area contributed by atoms with Gasteiger partial charge >= 0.3 is 0 Å². The van der Waals surface area contributed by atoms with Gasteiger partial charge in [0.15, 0.2) is 0 Å². The van der Waals surface area contributed by atoms with E-state index in [0.29, 0.717) is 0 Å². The zero-order valence-corrected chi connectivity index (χ0v) is 14.9. The van der Waals surface area contributed by atoms with Gasteiger partial charge < -0.3 is 15.4 Å². The molecule has 1 heterocycles. The number of hydrogen-bond donors (Lipinski definition) is 2. The first-order valence-electron chi connectivity index (χ1n) is 8.16. The average molecular weight is 324 g/mol. The molecule has 1 atom stereocenters.